The van der Waals surface area contributed by atoms with Gasteiger partial charge in [0, 0.05) is 12.1 Å². The van der Waals surface area contributed by atoms with Gasteiger partial charge in [-0.15, -0.1) is 0 Å². The monoisotopic (exact) mass is 299 g/mol. The first-order valence-electron chi connectivity index (χ1n) is 7.82. The molecule has 3 heteroatoms. The maximum atomic E-state index is 9.25. The van der Waals surface area contributed by atoms with E-state index >= 15 is 0 Å². The van der Waals surface area contributed by atoms with Gasteiger partial charge in [-0.3, -0.25) is 0 Å². The SMILES string of the molecule is CCOc1cccc(C(C)NC(C)c2cccc(CO)c2)c1. The zero-order valence-electron chi connectivity index (χ0n) is 13.5. The fraction of sp³-hybridized carbons (Fsp3) is 0.368. The van der Waals surface area contributed by atoms with Gasteiger partial charge in [-0.2, -0.15) is 0 Å². The van der Waals surface area contributed by atoms with E-state index in [9.17, 15) is 5.11 Å². The highest BCUT2D eigenvalue weighted by molar-refractivity contribution is 5.31. The van der Waals surface area contributed by atoms with Crippen molar-refractivity contribution in [3.8, 4) is 5.75 Å². The summed E-state index contributed by atoms with van der Waals surface area (Å²) in [4.78, 5) is 0. The third-order valence-corrected chi connectivity index (χ3v) is 3.80. The van der Waals surface area contributed by atoms with Crippen LogP contribution in [0, 0.1) is 0 Å². The van der Waals surface area contributed by atoms with E-state index < -0.39 is 0 Å². The van der Waals surface area contributed by atoms with Gasteiger partial charge in [-0.05, 0) is 49.6 Å². The molecule has 118 valence electrons. The molecule has 22 heavy (non-hydrogen) atoms. The van der Waals surface area contributed by atoms with Crippen LogP contribution in [0.2, 0.25) is 0 Å². The minimum Gasteiger partial charge on any atom is -0.494 e. The van der Waals surface area contributed by atoms with Crippen LogP contribution in [0.3, 0.4) is 0 Å². The molecule has 2 rings (SSSR count). The fourth-order valence-electron chi connectivity index (χ4n) is 2.57. The summed E-state index contributed by atoms with van der Waals surface area (Å²) in [6, 6.07) is 16.7. The van der Waals surface area contributed by atoms with E-state index in [0.29, 0.717) is 6.61 Å². The average molecular weight is 299 g/mol. The molecule has 0 aromatic heterocycles. The normalized spacial score (nSPS) is 13.6. The number of hydrogen-bond donors (Lipinski definition) is 2. The molecular formula is C19H25NO2. The highest BCUT2D eigenvalue weighted by Gasteiger charge is 2.12. The Morgan fingerprint density at radius 2 is 1.64 bits per heavy atom. The number of hydrogen-bond acceptors (Lipinski definition) is 3. The van der Waals surface area contributed by atoms with E-state index in [2.05, 4.69) is 37.4 Å². The third-order valence-electron chi connectivity index (χ3n) is 3.80. The van der Waals surface area contributed by atoms with Crippen molar-refractivity contribution in [3.63, 3.8) is 0 Å². The number of aliphatic hydroxyl groups is 1. The predicted molar refractivity (Wildman–Crippen MR) is 89.9 cm³/mol. The van der Waals surface area contributed by atoms with Gasteiger partial charge in [0.1, 0.15) is 5.75 Å². The second-order valence-electron chi connectivity index (χ2n) is 5.52. The third kappa shape index (κ3) is 4.33. The lowest BCUT2D eigenvalue weighted by Gasteiger charge is -2.21. The molecule has 0 aliphatic heterocycles. The van der Waals surface area contributed by atoms with Crippen LogP contribution in [0.1, 0.15) is 49.5 Å². The maximum Gasteiger partial charge on any atom is 0.119 e. The van der Waals surface area contributed by atoms with Crippen molar-refractivity contribution in [2.24, 2.45) is 0 Å². The van der Waals surface area contributed by atoms with Gasteiger partial charge >= 0.3 is 0 Å². The first kappa shape index (κ1) is 16.5. The Bertz CT molecular complexity index is 597. The summed E-state index contributed by atoms with van der Waals surface area (Å²) in [6.45, 7) is 7.03. The molecule has 0 amide bonds. The zero-order valence-corrected chi connectivity index (χ0v) is 13.5. The quantitative estimate of drug-likeness (QED) is 0.812. The van der Waals surface area contributed by atoms with Crippen LogP contribution < -0.4 is 10.1 Å². The van der Waals surface area contributed by atoms with Gasteiger partial charge < -0.3 is 15.2 Å². The Hall–Kier alpha value is -1.84. The van der Waals surface area contributed by atoms with Crippen molar-refractivity contribution in [3.05, 3.63) is 65.2 Å². The van der Waals surface area contributed by atoms with E-state index in [0.717, 1.165) is 11.3 Å². The summed E-state index contributed by atoms with van der Waals surface area (Å²) in [6.07, 6.45) is 0. The summed E-state index contributed by atoms with van der Waals surface area (Å²) < 4.78 is 5.56. The first-order chi connectivity index (χ1) is 10.6. The minimum absolute atomic E-state index is 0.0759. The summed E-state index contributed by atoms with van der Waals surface area (Å²) in [5.41, 5.74) is 3.33. The number of rotatable bonds is 7. The molecule has 0 saturated heterocycles. The fourth-order valence-corrected chi connectivity index (χ4v) is 2.57. The molecular weight excluding hydrogens is 274 g/mol. The van der Waals surface area contributed by atoms with Gasteiger partial charge in [-0.1, -0.05) is 36.4 Å². The van der Waals surface area contributed by atoms with Crippen LogP contribution in [-0.2, 0) is 6.61 Å². The minimum atomic E-state index is 0.0759. The first-order valence-corrected chi connectivity index (χ1v) is 7.82. The van der Waals surface area contributed by atoms with E-state index in [1.54, 1.807) is 0 Å². The Morgan fingerprint density at radius 1 is 1.00 bits per heavy atom. The van der Waals surface area contributed by atoms with Crippen molar-refractivity contribution in [2.75, 3.05) is 6.61 Å². The molecule has 2 unspecified atom stereocenters. The molecule has 0 fully saturated rings. The predicted octanol–water partition coefficient (Wildman–Crippen LogP) is 3.99. The second kappa shape index (κ2) is 7.97. The number of nitrogens with one attached hydrogen (secondary N) is 1. The van der Waals surface area contributed by atoms with Crippen LogP contribution >= 0.6 is 0 Å². The molecule has 0 aliphatic carbocycles. The lowest BCUT2D eigenvalue weighted by Crippen LogP contribution is -2.22. The molecule has 2 aromatic rings. The number of benzene rings is 2. The molecule has 0 spiro atoms. The van der Waals surface area contributed by atoms with Crippen molar-refractivity contribution in [1.82, 2.24) is 5.32 Å². The van der Waals surface area contributed by atoms with E-state index in [1.807, 2.05) is 37.3 Å². The van der Waals surface area contributed by atoms with Crippen LogP contribution in [0.15, 0.2) is 48.5 Å². The molecule has 0 saturated carbocycles. The van der Waals surface area contributed by atoms with Crippen molar-refractivity contribution in [1.29, 1.82) is 0 Å². The lowest BCUT2D eigenvalue weighted by molar-refractivity contribution is 0.281. The summed E-state index contributed by atoms with van der Waals surface area (Å²) in [5.74, 6) is 0.906. The molecule has 3 nitrogen and oxygen atoms in total. The Kier molecular flexibility index (Phi) is 5.99. The van der Waals surface area contributed by atoms with E-state index in [4.69, 9.17) is 4.74 Å². The van der Waals surface area contributed by atoms with Gasteiger partial charge in [0.05, 0.1) is 13.2 Å². The summed E-state index contributed by atoms with van der Waals surface area (Å²) in [5, 5.41) is 12.8. The standard InChI is InChI=1S/C19H25NO2/c1-4-22-19-10-6-9-18(12-19)15(3)20-14(2)17-8-5-7-16(11-17)13-21/h5-12,14-15,20-21H,4,13H2,1-3H3. The largest absolute Gasteiger partial charge is 0.494 e. The molecule has 0 radical (unpaired) electrons. The Morgan fingerprint density at radius 3 is 2.27 bits per heavy atom. The Labute approximate surface area is 133 Å². The van der Waals surface area contributed by atoms with Gasteiger partial charge in [-0.25, -0.2) is 0 Å². The van der Waals surface area contributed by atoms with Gasteiger partial charge in [0.15, 0.2) is 0 Å². The van der Waals surface area contributed by atoms with Crippen molar-refractivity contribution < 1.29 is 9.84 Å². The Balaban J connectivity index is 2.06. The molecule has 2 atom stereocenters. The number of aliphatic hydroxyl groups excluding tert-OH is 1. The van der Waals surface area contributed by atoms with Crippen LogP contribution in [0.5, 0.6) is 5.75 Å². The molecule has 2 N–H and O–H groups in total. The van der Waals surface area contributed by atoms with Gasteiger partial charge in [0.2, 0.25) is 0 Å². The molecule has 0 heterocycles. The second-order valence-corrected chi connectivity index (χ2v) is 5.52. The van der Waals surface area contributed by atoms with Gasteiger partial charge in [0.25, 0.3) is 0 Å². The smallest absolute Gasteiger partial charge is 0.119 e. The average Bonchev–Trinajstić information content (AvgIpc) is 2.55. The zero-order chi connectivity index (χ0) is 15.9. The van der Waals surface area contributed by atoms with Crippen LogP contribution in [0.4, 0.5) is 0 Å². The highest BCUT2D eigenvalue weighted by atomic mass is 16.5. The van der Waals surface area contributed by atoms with Crippen LogP contribution in [0.25, 0.3) is 0 Å². The van der Waals surface area contributed by atoms with Crippen molar-refractivity contribution in [2.45, 2.75) is 39.5 Å². The molecule has 2 aromatic carbocycles. The number of ether oxygens (including phenoxy) is 1. The van der Waals surface area contributed by atoms with Crippen molar-refractivity contribution >= 4 is 0 Å². The summed E-state index contributed by atoms with van der Waals surface area (Å²) in [7, 11) is 0. The van der Waals surface area contributed by atoms with E-state index in [1.165, 1.54) is 11.1 Å². The molecule has 0 bridgehead atoms. The summed E-state index contributed by atoms with van der Waals surface area (Å²) >= 11 is 0. The van der Waals surface area contributed by atoms with Crippen LogP contribution in [-0.4, -0.2) is 11.7 Å². The maximum absolute atomic E-state index is 9.25. The lowest BCUT2D eigenvalue weighted by atomic mass is 10.0. The highest BCUT2D eigenvalue weighted by Crippen LogP contribution is 2.23. The topological polar surface area (TPSA) is 41.5 Å². The van der Waals surface area contributed by atoms with E-state index in [-0.39, 0.29) is 18.7 Å². The molecule has 0 aliphatic rings.